The molecular weight excluding hydrogens is 456 g/mol. The Bertz CT molecular complexity index is 1580. The first kappa shape index (κ1) is 22.6. The average molecular weight is 479 g/mol. The van der Waals surface area contributed by atoms with E-state index in [9.17, 15) is 9.59 Å². The van der Waals surface area contributed by atoms with Gasteiger partial charge in [0.1, 0.15) is 5.03 Å². The van der Waals surface area contributed by atoms with E-state index in [1.54, 1.807) is 24.4 Å². The number of amides is 1. The molecule has 1 amide bonds. The number of hydrogen-bond acceptors (Lipinski definition) is 5. The van der Waals surface area contributed by atoms with Gasteiger partial charge in [-0.25, -0.2) is 10.1 Å². The van der Waals surface area contributed by atoms with Gasteiger partial charge in [0.25, 0.3) is 11.5 Å². The molecule has 0 aliphatic heterocycles. The Kier molecular flexibility index (Phi) is 6.41. The summed E-state index contributed by atoms with van der Waals surface area (Å²) < 4.78 is 0. The number of fused-ring (bicyclic) bond motifs is 1. The molecule has 0 aliphatic rings. The van der Waals surface area contributed by atoms with Gasteiger partial charge in [-0.1, -0.05) is 59.8 Å². The standard InChI is InChI=1S/C28H22N4O2S/c1-18-11-13-21(14-12-18)35-28-24(10-5-15-29-28)26(33)30-20-7-4-6-19(16-20)17-25-22-8-2-3-9-23(22)27(34)32-31-25/h2-16H,17H2,1H3,(H,30,33)(H,32,34). The zero-order valence-corrected chi connectivity index (χ0v) is 19.8. The number of benzene rings is 3. The lowest BCUT2D eigenvalue weighted by molar-refractivity contribution is 0.102. The van der Waals surface area contributed by atoms with Crippen molar-refractivity contribution in [3.8, 4) is 0 Å². The van der Waals surface area contributed by atoms with Gasteiger partial charge in [0.05, 0.1) is 16.6 Å². The smallest absolute Gasteiger partial charge is 0.272 e. The Labute approximate surface area is 206 Å². The highest BCUT2D eigenvalue weighted by molar-refractivity contribution is 7.99. The Balaban J connectivity index is 1.36. The lowest BCUT2D eigenvalue weighted by Gasteiger charge is -2.11. The van der Waals surface area contributed by atoms with E-state index in [4.69, 9.17) is 0 Å². The van der Waals surface area contributed by atoms with Crippen molar-refractivity contribution in [2.24, 2.45) is 0 Å². The van der Waals surface area contributed by atoms with Gasteiger partial charge in [-0.2, -0.15) is 5.10 Å². The second kappa shape index (κ2) is 9.95. The fourth-order valence-electron chi connectivity index (χ4n) is 3.82. The summed E-state index contributed by atoms with van der Waals surface area (Å²) in [6.07, 6.45) is 2.21. The molecule has 5 rings (SSSR count). The number of aromatic nitrogens is 3. The zero-order chi connectivity index (χ0) is 24.2. The maximum atomic E-state index is 13.1. The molecule has 172 valence electrons. The quantitative estimate of drug-likeness (QED) is 0.331. The molecule has 0 aliphatic carbocycles. The molecule has 0 saturated carbocycles. The number of anilines is 1. The van der Waals surface area contributed by atoms with Gasteiger partial charge in [-0.3, -0.25) is 9.59 Å². The number of nitrogens with one attached hydrogen (secondary N) is 2. The van der Waals surface area contributed by atoms with Crippen molar-refractivity contribution in [2.75, 3.05) is 5.32 Å². The lowest BCUT2D eigenvalue weighted by Crippen LogP contribution is -2.14. The molecule has 0 spiro atoms. The molecule has 0 fully saturated rings. The van der Waals surface area contributed by atoms with E-state index in [-0.39, 0.29) is 11.5 Å². The minimum atomic E-state index is -0.225. The third kappa shape index (κ3) is 5.15. The number of nitrogens with zero attached hydrogens (tertiary/aromatic N) is 2. The van der Waals surface area contributed by atoms with E-state index < -0.39 is 0 Å². The van der Waals surface area contributed by atoms with Crippen LogP contribution in [-0.4, -0.2) is 21.1 Å². The van der Waals surface area contributed by atoms with E-state index >= 15 is 0 Å². The van der Waals surface area contributed by atoms with Gasteiger partial charge >= 0.3 is 0 Å². The average Bonchev–Trinajstić information content (AvgIpc) is 2.88. The van der Waals surface area contributed by atoms with Crippen molar-refractivity contribution in [2.45, 2.75) is 23.3 Å². The summed E-state index contributed by atoms with van der Waals surface area (Å²) in [7, 11) is 0. The third-order valence-corrected chi connectivity index (χ3v) is 6.61. The number of pyridine rings is 1. The molecule has 2 N–H and O–H groups in total. The topological polar surface area (TPSA) is 87.7 Å². The van der Waals surface area contributed by atoms with Crippen molar-refractivity contribution < 1.29 is 4.79 Å². The minimum Gasteiger partial charge on any atom is -0.322 e. The van der Waals surface area contributed by atoms with Gasteiger partial charge in [0.2, 0.25) is 0 Å². The SMILES string of the molecule is Cc1ccc(Sc2ncccc2C(=O)Nc2cccc(Cc3n[nH]c(=O)c4ccccc34)c2)cc1. The highest BCUT2D eigenvalue weighted by atomic mass is 32.2. The maximum Gasteiger partial charge on any atom is 0.272 e. The van der Waals surface area contributed by atoms with Crippen molar-refractivity contribution in [1.82, 2.24) is 15.2 Å². The summed E-state index contributed by atoms with van der Waals surface area (Å²) in [5, 5.41) is 11.9. The van der Waals surface area contributed by atoms with Crippen molar-refractivity contribution in [3.05, 3.63) is 124 Å². The normalized spacial score (nSPS) is 10.9. The van der Waals surface area contributed by atoms with Gasteiger partial charge in [0.15, 0.2) is 0 Å². The van der Waals surface area contributed by atoms with Gasteiger partial charge in [0, 0.05) is 28.6 Å². The van der Waals surface area contributed by atoms with Crippen LogP contribution in [0.4, 0.5) is 5.69 Å². The molecule has 0 atom stereocenters. The number of aryl methyl sites for hydroxylation is 1. The van der Waals surface area contributed by atoms with Gasteiger partial charge in [-0.05, 0) is 55.0 Å². The first-order valence-corrected chi connectivity index (χ1v) is 11.9. The summed E-state index contributed by atoms with van der Waals surface area (Å²) >= 11 is 1.46. The monoisotopic (exact) mass is 478 g/mol. The van der Waals surface area contributed by atoms with Gasteiger partial charge < -0.3 is 5.32 Å². The first-order valence-electron chi connectivity index (χ1n) is 11.1. The molecule has 0 radical (unpaired) electrons. The summed E-state index contributed by atoms with van der Waals surface area (Å²) in [6, 6.07) is 26.7. The second-order valence-corrected chi connectivity index (χ2v) is 9.21. The molecule has 2 heterocycles. The van der Waals surface area contributed by atoms with Crippen LogP contribution < -0.4 is 10.9 Å². The predicted octanol–water partition coefficient (Wildman–Crippen LogP) is 5.62. The van der Waals surface area contributed by atoms with Crippen LogP contribution in [0.15, 0.2) is 106 Å². The molecule has 6 nitrogen and oxygen atoms in total. The van der Waals surface area contributed by atoms with Crippen LogP contribution in [0.25, 0.3) is 10.8 Å². The Hall–Kier alpha value is -4.23. The van der Waals surface area contributed by atoms with E-state index in [1.165, 1.54) is 17.3 Å². The molecule has 35 heavy (non-hydrogen) atoms. The molecule has 2 aromatic heterocycles. The second-order valence-electron chi connectivity index (χ2n) is 8.15. The highest BCUT2D eigenvalue weighted by Gasteiger charge is 2.14. The molecule has 5 aromatic rings. The summed E-state index contributed by atoms with van der Waals surface area (Å²) in [4.78, 5) is 30.7. The Morgan fingerprint density at radius 1 is 0.943 bits per heavy atom. The van der Waals surface area contributed by atoms with E-state index in [1.807, 2.05) is 73.7 Å². The number of H-pyrrole nitrogens is 1. The van der Waals surface area contributed by atoms with Crippen LogP contribution in [0, 0.1) is 6.92 Å². The van der Waals surface area contributed by atoms with Crippen molar-refractivity contribution >= 4 is 34.1 Å². The van der Waals surface area contributed by atoms with E-state index in [0.717, 1.165) is 21.5 Å². The van der Waals surface area contributed by atoms with Crippen LogP contribution >= 0.6 is 11.8 Å². The van der Waals surface area contributed by atoms with Crippen molar-refractivity contribution in [1.29, 1.82) is 0 Å². The Morgan fingerprint density at radius 3 is 2.57 bits per heavy atom. The number of carbonyl (C=O) groups is 1. The summed E-state index contributed by atoms with van der Waals surface area (Å²) in [5.41, 5.74) is 3.90. The third-order valence-electron chi connectivity index (χ3n) is 5.58. The van der Waals surface area contributed by atoms with Crippen LogP contribution in [0.1, 0.15) is 27.2 Å². The summed E-state index contributed by atoms with van der Waals surface area (Å²) in [5.74, 6) is -0.225. The number of hydrogen-bond donors (Lipinski definition) is 2. The lowest BCUT2D eigenvalue weighted by atomic mass is 10.0. The largest absolute Gasteiger partial charge is 0.322 e. The molecule has 7 heteroatoms. The number of rotatable bonds is 6. The molecule has 0 saturated heterocycles. The number of carbonyl (C=O) groups excluding carboxylic acids is 1. The summed E-state index contributed by atoms with van der Waals surface area (Å²) in [6.45, 7) is 2.04. The first-order chi connectivity index (χ1) is 17.1. The Morgan fingerprint density at radius 2 is 1.74 bits per heavy atom. The van der Waals surface area contributed by atoms with Crippen LogP contribution in [0.5, 0.6) is 0 Å². The highest BCUT2D eigenvalue weighted by Crippen LogP contribution is 2.29. The maximum absolute atomic E-state index is 13.1. The number of aromatic amines is 1. The molecular formula is C28H22N4O2S. The fraction of sp³-hybridized carbons (Fsp3) is 0.0714. The van der Waals surface area contributed by atoms with Crippen molar-refractivity contribution in [3.63, 3.8) is 0 Å². The van der Waals surface area contributed by atoms with Crippen LogP contribution in [-0.2, 0) is 6.42 Å². The molecule has 0 bridgehead atoms. The molecule has 3 aromatic carbocycles. The fourth-order valence-corrected chi connectivity index (χ4v) is 4.70. The van der Waals surface area contributed by atoms with Crippen LogP contribution in [0.3, 0.4) is 0 Å². The van der Waals surface area contributed by atoms with Crippen LogP contribution in [0.2, 0.25) is 0 Å². The van der Waals surface area contributed by atoms with E-state index in [0.29, 0.717) is 28.1 Å². The minimum absolute atomic E-state index is 0.207. The zero-order valence-electron chi connectivity index (χ0n) is 19.0. The predicted molar refractivity (Wildman–Crippen MR) is 139 cm³/mol. The van der Waals surface area contributed by atoms with Gasteiger partial charge in [-0.15, -0.1) is 0 Å². The molecule has 0 unspecified atom stereocenters. The van der Waals surface area contributed by atoms with E-state index in [2.05, 4.69) is 20.5 Å².